The van der Waals surface area contributed by atoms with Crippen LogP contribution >= 0.6 is 0 Å². The number of hydrogen-bond acceptors (Lipinski definition) is 3. The Morgan fingerprint density at radius 1 is 1.43 bits per heavy atom. The third-order valence-corrected chi connectivity index (χ3v) is 2.24. The lowest BCUT2D eigenvalue weighted by molar-refractivity contribution is 0.0695. The van der Waals surface area contributed by atoms with Crippen LogP contribution in [0.3, 0.4) is 0 Å². The molecule has 0 saturated heterocycles. The van der Waals surface area contributed by atoms with Crippen molar-refractivity contribution < 1.29 is 15.1 Å². The molecule has 0 unspecified atom stereocenters. The molecule has 0 spiro atoms. The Bertz CT molecular complexity index is 361. The Balaban J connectivity index is 3.21. The van der Waals surface area contributed by atoms with Crippen molar-refractivity contribution in [2.75, 3.05) is 0 Å². The molecule has 0 fully saturated rings. The molecule has 0 radical (unpaired) electrons. The summed E-state index contributed by atoms with van der Waals surface area (Å²) >= 11 is 0. The van der Waals surface area contributed by atoms with E-state index in [1.165, 1.54) is 0 Å². The molecule has 0 aliphatic heterocycles. The Kier molecular flexibility index (Phi) is 3.22. The van der Waals surface area contributed by atoms with Gasteiger partial charge in [-0.25, -0.2) is 10.3 Å². The van der Waals surface area contributed by atoms with Crippen molar-refractivity contribution in [3.63, 3.8) is 0 Å². The van der Waals surface area contributed by atoms with E-state index in [1.807, 2.05) is 18.5 Å². The summed E-state index contributed by atoms with van der Waals surface area (Å²) in [6, 6.07) is 3.42. The number of rotatable bonds is 3. The fourth-order valence-electron chi connectivity index (χ4n) is 1.35. The number of carbonyl (C=O) groups is 1. The summed E-state index contributed by atoms with van der Waals surface area (Å²) < 4.78 is 0. The maximum absolute atomic E-state index is 10.8. The average Bonchev–Trinajstić information content (AvgIpc) is 2.11. The predicted octanol–water partition coefficient (Wildman–Crippen LogP) is 1.48. The van der Waals surface area contributed by atoms with Crippen LogP contribution in [0.1, 0.15) is 27.0 Å². The minimum Gasteiger partial charge on any atom is -0.478 e. The first-order valence-electron chi connectivity index (χ1n) is 4.26. The summed E-state index contributed by atoms with van der Waals surface area (Å²) in [6.45, 7) is 3.87. The van der Waals surface area contributed by atoms with Gasteiger partial charge < -0.3 is 10.3 Å². The molecule has 0 bridgehead atoms. The summed E-state index contributed by atoms with van der Waals surface area (Å²) in [6.07, 6.45) is 0. The third kappa shape index (κ3) is 2.10. The number of carboxylic acids is 1. The highest BCUT2D eigenvalue weighted by Crippen LogP contribution is 2.16. The van der Waals surface area contributed by atoms with Crippen molar-refractivity contribution in [3.05, 3.63) is 34.4 Å². The lowest BCUT2D eigenvalue weighted by Crippen LogP contribution is -2.09. The van der Waals surface area contributed by atoms with Gasteiger partial charge in [0, 0.05) is 6.54 Å². The maximum atomic E-state index is 10.8. The van der Waals surface area contributed by atoms with Gasteiger partial charge in [0.1, 0.15) is 0 Å². The summed E-state index contributed by atoms with van der Waals surface area (Å²) in [7, 11) is 0. The summed E-state index contributed by atoms with van der Waals surface area (Å²) in [4.78, 5) is 10.8. The second kappa shape index (κ2) is 4.21. The third-order valence-electron chi connectivity index (χ3n) is 2.24. The zero-order valence-corrected chi connectivity index (χ0v) is 8.16. The van der Waals surface area contributed by atoms with Crippen LogP contribution in [0.25, 0.3) is 0 Å². The second-order valence-corrected chi connectivity index (χ2v) is 3.23. The number of aromatic carboxylic acids is 1. The molecule has 0 amide bonds. The van der Waals surface area contributed by atoms with E-state index in [4.69, 9.17) is 10.3 Å². The van der Waals surface area contributed by atoms with Crippen LogP contribution in [0.2, 0.25) is 0 Å². The molecule has 4 heteroatoms. The molecule has 14 heavy (non-hydrogen) atoms. The zero-order chi connectivity index (χ0) is 10.7. The van der Waals surface area contributed by atoms with Gasteiger partial charge >= 0.3 is 5.97 Å². The van der Waals surface area contributed by atoms with Gasteiger partial charge in [0.2, 0.25) is 0 Å². The Morgan fingerprint density at radius 2 is 2.07 bits per heavy atom. The summed E-state index contributed by atoms with van der Waals surface area (Å²) in [5.74, 6) is -0.939. The van der Waals surface area contributed by atoms with Crippen LogP contribution < -0.4 is 5.48 Å². The molecular weight excluding hydrogens is 182 g/mol. The van der Waals surface area contributed by atoms with Crippen molar-refractivity contribution in [2.45, 2.75) is 20.4 Å². The highest BCUT2D eigenvalue weighted by atomic mass is 16.5. The molecule has 1 aromatic rings. The molecule has 0 heterocycles. The van der Waals surface area contributed by atoms with E-state index in [2.05, 4.69) is 0 Å². The van der Waals surface area contributed by atoms with Crippen LogP contribution in [-0.2, 0) is 6.54 Å². The van der Waals surface area contributed by atoms with E-state index in [0.717, 1.165) is 16.7 Å². The Hall–Kier alpha value is -1.39. The Labute approximate surface area is 82.1 Å². The standard InChI is InChI=1S/C10H13NO3/c1-6-3-8(5-11-14)4-9(7(6)2)10(12)13/h3-4,11,14H,5H2,1-2H3,(H,12,13). The molecule has 1 aromatic carbocycles. The van der Waals surface area contributed by atoms with Crippen LogP contribution in [0, 0.1) is 13.8 Å². The first-order chi connectivity index (χ1) is 6.56. The lowest BCUT2D eigenvalue weighted by Gasteiger charge is -2.08. The first kappa shape index (κ1) is 10.7. The van der Waals surface area contributed by atoms with Gasteiger partial charge in [0.05, 0.1) is 5.56 Å². The maximum Gasteiger partial charge on any atom is 0.335 e. The quantitative estimate of drug-likeness (QED) is 0.639. The van der Waals surface area contributed by atoms with Crippen LogP contribution in [0.5, 0.6) is 0 Å². The molecule has 76 valence electrons. The molecule has 0 aliphatic rings. The van der Waals surface area contributed by atoms with Crippen LogP contribution in [0.15, 0.2) is 12.1 Å². The molecule has 0 saturated carbocycles. The SMILES string of the molecule is Cc1cc(CNO)cc(C(=O)O)c1C. The fourth-order valence-corrected chi connectivity index (χ4v) is 1.35. The van der Waals surface area contributed by atoms with Crippen LogP contribution in [0.4, 0.5) is 0 Å². The molecule has 3 N–H and O–H groups in total. The molecule has 0 aliphatic carbocycles. The number of hydrogen-bond donors (Lipinski definition) is 3. The highest BCUT2D eigenvalue weighted by molar-refractivity contribution is 5.90. The minimum atomic E-state index is -0.939. The van der Waals surface area contributed by atoms with Gasteiger partial charge in [-0.15, -0.1) is 0 Å². The summed E-state index contributed by atoms with van der Waals surface area (Å²) in [5.41, 5.74) is 4.72. The van der Waals surface area contributed by atoms with Gasteiger partial charge in [-0.1, -0.05) is 6.07 Å². The predicted molar refractivity (Wildman–Crippen MR) is 51.5 cm³/mol. The van der Waals surface area contributed by atoms with E-state index < -0.39 is 5.97 Å². The fraction of sp³-hybridized carbons (Fsp3) is 0.300. The van der Waals surface area contributed by atoms with Gasteiger partial charge in [-0.2, -0.15) is 0 Å². The molecular formula is C10H13NO3. The summed E-state index contributed by atoms with van der Waals surface area (Å²) in [5, 5.41) is 17.4. The highest BCUT2D eigenvalue weighted by Gasteiger charge is 2.10. The van der Waals surface area contributed by atoms with Gasteiger partial charge in [-0.05, 0) is 36.6 Å². The smallest absolute Gasteiger partial charge is 0.335 e. The van der Waals surface area contributed by atoms with Crippen molar-refractivity contribution in [1.29, 1.82) is 0 Å². The molecule has 1 rings (SSSR count). The van der Waals surface area contributed by atoms with Crippen molar-refractivity contribution in [3.8, 4) is 0 Å². The minimum absolute atomic E-state index is 0.251. The van der Waals surface area contributed by atoms with Gasteiger partial charge in [0.25, 0.3) is 0 Å². The van der Waals surface area contributed by atoms with E-state index in [0.29, 0.717) is 0 Å². The Morgan fingerprint density at radius 3 is 2.57 bits per heavy atom. The van der Waals surface area contributed by atoms with Crippen molar-refractivity contribution >= 4 is 5.97 Å². The number of benzene rings is 1. The number of hydroxylamine groups is 1. The van der Waals surface area contributed by atoms with Gasteiger partial charge in [-0.3, -0.25) is 0 Å². The number of aryl methyl sites for hydroxylation is 1. The monoisotopic (exact) mass is 195 g/mol. The van der Waals surface area contributed by atoms with Gasteiger partial charge in [0.15, 0.2) is 0 Å². The molecule has 0 aromatic heterocycles. The second-order valence-electron chi connectivity index (χ2n) is 3.23. The van der Waals surface area contributed by atoms with E-state index in [-0.39, 0.29) is 12.1 Å². The largest absolute Gasteiger partial charge is 0.478 e. The number of nitrogens with one attached hydrogen (secondary N) is 1. The normalized spacial score (nSPS) is 10.2. The first-order valence-corrected chi connectivity index (χ1v) is 4.26. The van der Waals surface area contributed by atoms with E-state index in [1.54, 1.807) is 13.0 Å². The molecule has 0 atom stereocenters. The average molecular weight is 195 g/mol. The topological polar surface area (TPSA) is 69.6 Å². The van der Waals surface area contributed by atoms with Crippen molar-refractivity contribution in [1.82, 2.24) is 5.48 Å². The van der Waals surface area contributed by atoms with E-state index >= 15 is 0 Å². The number of carboxylic acid groups (broad SMARTS) is 1. The van der Waals surface area contributed by atoms with Crippen molar-refractivity contribution in [2.24, 2.45) is 0 Å². The zero-order valence-electron chi connectivity index (χ0n) is 8.16. The van der Waals surface area contributed by atoms with Crippen LogP contribution in [-0.4, -0.2) is 16.3 Å². The van der Waals surface area contributed by atoms with E-state index in [9.17, 15) is 4.79 Å². The molecule has 4 nitrogen and oxygen atoms in total. The lowest BCUT2D eigenvalue weighted by atomic mass is 10.00.